The Morgan fingerprint density at radius 2 is 2.11 bits per heavy atom. The quantitative estimate of drug-likeness (QED) is 0.522. The Hall–Kier alpha value is -3.78. The summed E-state index contributed by atoms with van der Waals surface area (Å²) in [6.45, 7) is 5.34. The van der Waals surface area contributed by atoms with E-state index in [1.807, 2.05) is 11.8 Å². The van der Waals surface area contributed by atoms with Crippen molar-refractivity contribution in [1.82, 2.24) is 30.2 Å². The second kappa shape index (κ2) is 13.0. The molecule has 14 heteroatoms. The Labute approximate surface area is 214 Å². The molecule has 2 aromatic heterocycles. The summed E-state index contributed by atoms with van der Waals surface area (Å²) in [5.41, 5.74) is 0. The molecule has 0 radical (unpaired) electrons. The summed E-state index contributed by atoms with van der Waals surface area (Å²) < 4.78 is 21.4. The third-order valence-corrected chi connectivity index (χ3v) is 5.88. The predicted molar refractivity (Wildman–Crippen MR) is 132 cm³/mol. The summed E-state index contributed by atoms with van der Waals surface area (Å²) in [6, 6.07) is 1.13. The molecule has 2 aliphatic heterocycles. The molecule has 4 rings (SSSR count). The number of urea groups is 1. The van der Waals surface area contributed by atoms with E-state index >= 15 is 0 Å². The molecule has 3 amide bonds. The number of hydrogen-bond donors (Lipinski definition) is 2. The van der Waals surface area contributed by atoms with E-state index < -0.39 is 6.09 Å². The number of nitrogens with zero attached hydrogens (tertiary/aromatic N) is 6. The molecule has 200 valence electrons. The smallest absolute Gasteiger partial charge is 0.414 e. The van der Waals surface area contributed by atoms with Gasteiger partial charge >= 0.3 is 12.1 Å². The van der Waals surface area contributed by atoms with Crippen LogP contribution in [0.3, 0.4) is 0 Å². The van der Waals surface area contributed by atoms with Gasteiger partial charge in [0.1, 0.15) is 0 Å². The highest BCUT2D eigenvalue weighted by molar-refractivity contribution is 5.88. The number of anilines is 2. The first-order valence-corrected chi connectivity index (χ1v) is 12.2. The van der Waals surface area contributed by atoms with Crippen molar-refractivity contribution in [2.24, 2.45) is 0 Å². The summed E-state index contributed by atoms with van der Waals surface area (Å²) in [7, 11) is 1.73. The van der Waals surface area contributed by atoms with Gasteiger partial charge in [-0.1, -0.05) is 0 Å². The van der Waals surface area contributed by atoms with E-state index in [1.54, 1.807) is 11.9 Å². The summed E-state index contributed by atoms with van der Waals surface area (Å²) in [4.78, 5) is 45.6. The van der Waals surface area contributed by atoms with Crippen molar-refractivity contribution in [1.29, 1.82) is 0 Å². The number of carbonyl (C=O) groups is 2. The molecule has 0 unspecified atom stereocenters. The zero-order valence-electron chi connectivity index (χ0n) is 21.0. The molecule has 2 N–H and O–H groups in total. The fraction of sp³-hybridized carbons (Fsp3) is 0.565. The van der Waals surface area contributed by atoms with Crippen molar-refractivity contribution in [2.45, 2.75) is 31.9 Å². The molecule has 2 saturated heterocycles. The van der Waals surface area contributed by atoms with Gasteiger partial charge in [-0.15, -0.1) is 0 Å². The van der Waals surface area contributed by atoms with Gasteiger partial charge in [-0.05, 0) is 19.8 Å². The van der Waals surface area contributed by atoms with Crippen LogP contribution in [-0.2, 0) is 9.47 Å². The molecule has 37 heavy (non-hydrogen) atoms. The molecule has 0 saturated carbocycles. The minimum absolute atomic E-state index is 0.0846. The molecule has 0 spiro atoms. The lowest BCUT2D eigenvalue weighted by Crippen LogP contribution is -2.50. The lowest BCUT2D eigenvalue weighted by atomic mass is 10.1. The van der Waals surface area contributed by atoms with Crippen LogP contribution in [0, 0.1) is 0 Å². The van der Waals surface area contributed by atoms with E-state index in [9.17, 15) is 9.59 Å². The topological polar surface area (TPSA) is 153 Å². The average Bonchev–Trinajstić information content (AvgIpc) is 2.93. The number of ether oxygens (including phenoxy) is 4. The number of rotatable bonds is 8. The van der Waals surface area contributed by atoms with E-state index in [2.05, 4.69) is 30.6 Å². The zero-order valence-corrected chi connectivity index (χ0v) is 21.0. The largest absolute Gasteiger partial charge is 0.477 e. The standard InChI is InChI=1S/C23H32N8O6/c1-3-35-20-13-25-18(12-26-20)28-22(32)30(2)16-5-4-8-31(14-16)21-24-7-6-19(29-21)37-23(33)27-11-17-15-34-9-10-36-17/h6-7,12-13,16-17H,3-5,8-11,14-15H2,1-2H3,(H,27,33)(H,25,28,32)/t16-,17+/m1/s1. The molecular weight excluding hydrogens is 484 g/mol. The molecule has 2 fully saturated rings. The summed E-state index contributed by atoms with van der Waals surface area (Å²) in [5.74, 6) is 1.28. The Bertz CT molecular complexity index is 1040. The first kappa shape index (κ1) is 26.3. The minimum atomic E-state index is -0.635. The van der Waals surface area contributed by atoms with Crippen molar-refractivity contribution in [3.63, 3.8) is 0 Å². The fourth-order valence-corrected chi connectivity index (χ4v) is 3.94. The molecule has 0 aliphatic carbocycles. The van der Waals surface area contributed by atoms with Crippen molar-refractivity contribution in [3.8, 4) is 11.8 Å². The van der Waals surface area contributed by atoms with Gasteiger partial charge in [0.05, 0.1) is 51.0 Å². The van der Waals surface area contributed by atoms with Crippen LogP contribution in [0.4, 0.5) is 21.4 Å². The number of piperidine rings is 1. The van der Waals surface area contributed by atoms with Gasteiger partial charge in [0.25, 0.3) is 0 Å². The second-order valence-corrected chi connectivity index (χ2v) is 8.49. The number of aromatic nitrogens is 4. The van der Waals surface area contributed by atoms with Crippen LogP contribution >= 0.6 is 0 Å². The Kier molecular flexibility index (Phi) is 9.21. The monoisotopic (exact) mass is 516 g/mol. The van der Waals surface area contributed by atoms with Crippen LogP contribution in [0.15, 0.2) is 24.7 Å². The van der Waals surface area contributed by atoms with Gasteiger partial charge in [0.15, 0.2) is 5.82 Å². The fourth-order valence-electron chi connectivity index (χ4n) is 3.94. The molecule has 14 nitrogen and oxygen atoms in total. The van der Waals surface area contributed by atoms with Crippen LogP contribution in [0.25, 0.3) is 0 Å². The highest BCUT2D eigenvalue weighted by Gasteiger charge is 2.28. The number of carbonyl (C=O) groups excluding carboxylic acids is 2. The lowest BCUT2D eigenvalue weighted by molar-refractivity contribution is -0.0856. The van der Waals surface area contributed by atoms with Crippen LogP contribution in [0.2, 0.25) is 0 Å². The first-order valence-electron chi connectivity index (χ1n) is 12.2. The van der Waals surface area contributed by atoms with E-state index in [-0.39, 0.29) is 30.6 Å². The molecule has 0 aromatic carbocycles. The van der Waals surface area contributed by atoms with Gasteiger partial charge in [0, 0.05) is 38.9 Å². The second-order valence-electron chi connectivity index (χ2n) is 8.49. The van der Waals surface area contributed by atoms with Crippen molar-refractivity contribution in [2.75, 3.05) is 63.3 Å². The Morgan fingerprint density at radius 1 is 1.22 bits per heavy atom. The molecule has 2 aliphatic rings. The van der Waals surface area contributed by atoms with Crippen molar-refractivity contribution < 1.29 is 28.5 Å². The van der Waals surface area contributed by atoms with Gasteiger partial charge in [-0.3, -0.25) is 5.32 Å². The van der Waals surface area contributed by atoms with E-state index in [0.717, 1.165) is 12.8 Å². The van der Waals surface area contributed by atoms with Crippen LogP contribution in [-0.4, -0.2) is 102 Å². The zero-order chi connectivity index (χ0) is 26.0. The Balaban J connectivity index is 1.29. The van der Waals surface area contributed by atoms with Gasteiger partial charge in [-0.2, -0.15) is 4.98 Å². The SMILES string of the molecule is CCOc1cnc(NC(=O)N(C)[C@@H]2CCCN(c3nccc(OC(=O)NC[C@H]4COCCO4)n3)C2)cn1. The van der Waals surface area contributed by atoms with Crippen LogP contribution in [0.1, 0.15) is 19.8 Å². The highest BCUT2D eigenvalue weighted by Crippen LogP contribution is 2.21. The van der Waals surface area contributed by atoms with Crippen molar-refractivity contribution >= 4 is 23.9 Å². The Morgan fingerprint density at radius 3 is 2.86 bits per heavy atom. The van der Waals surface area contributed by atoms with E-state index in [0.29, 0.717) is 57.2 Å². The maximum absolute atomic E-state index is 12.8. The van der Waals surface area contributed by atoms with E-state index in [4.69, 9.17) is 18.9 Å². The number of amides is 3. The number of likely N-dealkylation sites (N-methyl/N-ethyl adjacent to an activating group) is 1. The van der Waals surface area contributed by atoms with Gasteiger partial charge in [0.2, 0.25) is 17.7 Å². The lowest BCUT2D eigenvalue weighted by Gasteiger charge is -2.37. The molecule has 4 heterocycles. The normalized spacial score (nSPS) is 19.6. The number of nitrogens with one attached hydrogen (secondary N) is 2. The molecular formula is C23H32N8O6. The third-order valence-electron chi connectivity index (χ3n) is 5.88. The maximum Gasteiger partial charge on any atom is 0.414 e. The maximum atomic E-state index is 12.8. The van der Waals surface area contributed by atoms with Crippen LogP contribution < -0.4 is 25.0 Å². The van der Waals surface area contributed by atoms with Crippen LogP contribution in [0.5, 0.6) is 11.8 Å². The number of hydrogen-bond acceptors (Lipinski definition) is 11. The van der Waals surface area contributed by atoms with E-state index in [1.165, 1.54) is 24.7 Å². The predicted octanol–water partition coefficient (Wildman–Crippen LogP) is 1.30. The average molecular weight is 517 g/mol. The highest BCUT2D eigenvalue weighted by atomic mass is 16.6. The minimum Gasteiger partial charge on any atom is -0.477 e. The summed E-state index contributed by atoms with van der Waals surface area (Å²) in [6.07, 6.45) is 5.27. The molecule has 2 atom stereocenters. The molecule has 2 aromatic rings. The molecule has 0 bridgehead atoms. The van der Waals surface area contributed by atoms with Crippen molar-refractivity contribution in [3.05, 3.63) is 24.7 Å². The summed E-state index contributed by atoms with van der Waals surface area (Å²) >= 11 is 0. The summed E-state index contributed by atoms with van der Waals surface area (Å²) in [5, 5.41) is 5.41. The van der Waals surface area contributed by atoms with Gasteiger partial charge < -0.3 is 34.1 Å². The first-order chi connectivity index (χ1) is 18.0. The third kappa shape index (κ3) is 7.60. The van der Waals surface area contributed by atoms with Gasteiger partial charge in [-0.25, -0.2) is 24.5 Å².